The summed E-state index contributed by atoms with van der Waals surface area (Å²) in [5, 5.41) is 20.0. The lowest BCUT2D eigenvalue weighted by molar-refractivity contribution is -0.143. The molecule has 1 aliphatic heterocycles. The van der Waals surface area contributed by atoms with Crippen molar-refractivity contribution in [2.45, 2.75) is 25.2 Å². The number of carbonyl (C=O) groups is 2. The van der Waals surface area contributed by atoms with Crippen LogP contribution in [0.15, 0.2) is 54.6 Å². The monoisotopic (exact) mass is 520 g/mol. The van der Waals surface area contributed by atoms with Crippen LogP contribution in [0.4, 0.5) is 0 Å². The zero-order valence-corrected chi connectivity index (χ0v) is 21.1. The summed E-state index contributed by atoms with van der Waals surface area (Å²) >= 11 is 0. The van der Waals surface area contributed by atoms with Crippen molar-refractivity contribution < 1.29 is 43.5 Å². The summed E-state index contributed by atoms with van der Waals surface area (Å²) in [6, 6.07) is 16.0. The predicted molar refractivity (Wildman–Crippen MR) is 136 cm³/mol. The summed E-state index contributed by atoms with van der Waals surface area (Å²) in [6.45, 7) is 2.02. The van der Waals surface area contributed by atoms with Crippen LogP contribution >= 0.6 is 0 Å². The van der Waals surface area contributed by atoms with Gasteiger partial charge in [0.25, 0.3) is 0 Å². The van der Waals surface area contributed by atoms with Gasteiger partial charge < -0.3 is 33.9 Å². The standard InChI is InChI=1S/C29H28O9/c1-3-10-35-20-6-7-21-17(11-20)12-23(28(32)33)29(21,18-4-9-24-26(13-18)38-16-37-24)22-8-5-19(34-2)14-25(22)36-15-27(30)31/h4-9,11,13-14,23H,3,10,12,15-16H2,1-2H3,(H,30,31)(H,32,33). The van der Waals surface area contributed by atoms with E-state index in [0.717, 1.165) is 17.5 Å². The minimum Gasteiger partial charge on any atom is -0.497 e. The molecule has 9 nitrogen and oxygen atoms in total. The molecule has 38 heavy (non-hydrogen) atoms. The van der Waals surface area contributed by atoms with Crippen LogP contribution in [0.5, 0.6) is 28.7 Å². The summed E-state index contributed by atoms with van der Waals surface area (Å²) in [7, 11) is 1.49. The van der Waals surface area contributed by atoms with E-state index in [1.165, 1.54) is 7.11 Å². The van der Waals surface area contributed by atoms with E-state index in [9.17, 15) is 19.8 Å². The van der Waals surface area contributed by atoms with E-state index in [1.807, 2.05) is 31.2 Å². The van der Waals surface area contributed by atoms with Gasteiger partial charge in [-0.1, -0.05) is 25.1 Å². The van der Waals surface area contributed by atoms with Crippen LogP contribution in [0, 0.1) is 5.92 Å². The van der Waals surface area contributed by atoms with Gasteiger partial charge in [0.05, 0.1) is 25.0 Å². The first kappa shape index (κ1) is 25.3. The molecule has 0 saturated heterocycles. The fraction of sp³-hybridized carbons (Fsp3) is 0.310. The molecule has 2 aliphatic rings. The van der Waals surface area contributed by atoms with Gasteiger partial charge in [0, 0.05) is 11.6 Å². The zero-order chi connectivity index (χ0) is 26.9. The van der Waals surface area contributed by atoms with Gasteiger partial charge in [0.2, 0.25) is 6.79 Å². The van der Waals surface area contributed by atoms with Gasteiger partial charge in [-0.25, -0.2) is 4.79 Å². The van der Waals surface area contributed by atoms with Crippen LogP contribution in [0.1, 0.15) is 35.6 Å². The SMILES string of the molecule is CCCOc1ccc2c(c1)CC(C(=O)O)C2(c1ccc2c(c1)OCO2)c1ccc(OC)cc1OCC(=O)O. The number of ether oxygens (including phenoxy) is 5. The molecule has 0 amide bonds. The topological polar surface area (TPSA) is 121 Å². The third-order valence-electron chi connectivity index (χ3n) is 7.01. The average molecular weight is 521 g/mol. The number of methoxy groups -OCH3 is 1. The molecule has 3 aromatic carbocycles. The molecule has 3 aromatic rings. The molecule has 0 spiro atoms. The predicted octanol–water partition coefficient (Wildman–Crippen LogP) is 4.27. The van der Waals surface area contributed by atoms with Crippen molar-refractivity contribution in [1.29, 1.82) is 0 Å². The average Bonchev–Trinajstić information content (AvgIpc) is 3.53. The largest absolute Gasteiger partial charge is 0.497 e. The fourth-order valence-electron chi connectivity index (χ4n) is 5.47. The number of carboxylic acid groups (broad SMARTS) is 2. The van der Waals surface area contributed by atoms with Gasteiger partial charge in [-0.3, -0.25) is 4.79 Å². The van der Waals surface area contributed by atoms with Crippen LogP contribution in [0.25, 0.3) is 0 Å². The van der Waals surface area contributed by atoms with Crippen molar-refractivity contribution in [3.05, 3.63) is 76.9 Å². The van der Waals surface area contributed by atoms with Crippen molar-refractivity contribution in [3.8, 4) is 28.7 Å². The highest BCUT2D eigenvalue weighted by Gasteiger charge is 2.54. The molecule has 9 heteroatoms. The zero-order valence-electron chi connectivity index (χ0n) is 21.1. The van der Waals surface area contributed by atoms with Gasteiger partial charge in [0.15, 0.2) is 18.1 Å². The molecule has 0 bridgehead atoms. The second kappa shape index (κ2) is 10.2. The Hall–Kier alpha value is -4.40. The van der Waals surface area contributed by atoms with Crippen LogP contribution in [0.3, 0.4) is 0 Å². The van der Waals surface area contributed by atoms with Crippen molar-refractivity contribution in [2.75, 3.05) is 27.1 Å². The molecular formula is C29H28O9. The Labute approximate surface area is 219 Å². The Morgan fingerprint density at radius 2 is 1.71 bits per heavy atom. The normalized spacial score (nSPS) is 19.1. The van der Waals surface area contributed by atoms with E-state index in [-0.39, 0.29) is 19.0 Å². The fourth-order valence-corrected chi connectivity index (χ4v) is 5.47. The molecule has 2 N–H and O–H groups in total. The molecule has 5 rings (SSSR count). The lowest BCUT2D eigenvalue weighted by atomic mass is 9.64. The molecule has 0 fully saturated rings. The third-order valence-corrected chi connectivity index (χ3v) is 7.01. The van der Waals surface area contributed by atoms with Gasteiger partial charge in [-0.15, -0.1) is 0 Å². The highest BCUT2D eigenvalue weighted by molar-refractivity contribution is 5.81. The Bertz CT molecular complexity index is 1380. The van der Waals surface area contributed by atoms with E-state index >= 15 is 0 Å². The summed E-state index contributed by atoms with van der Waals surface area (Å²) in [5.41, 5.74) is 1.50. The third kappa shape index (κ3) is 4.23. The Morgan fingerprint density at radius 1 is 0.947 bits per heavy atom. The second-order valence-electron chi connectivity index (χ2n) is 9.18. The van der Waals surface area contributed by atoms with Crippen molar-refractivity contribution in [3.63, 3.8) is 0 Å². The molecule has 0 aromatic heterocycles. The van der Waals surface area contributed by atoms with Crippen LogP contribution in [0.2, 0.25) is 0 Å². The van der Waals surface area contributed by atoms with E-state index in [4.69, 9.17) is 23.7 Å². The van der Waals surface area contributed by atoms with Crippen molar-refractivity contribution in [2.24, 2.45) is 5.92 Å². The highest BCUT2D eigenvalue weighted by atomic mass is 16.7. The first-order chi connectivity index (χ1) is 18.4. The number of carboxylic acids is 2. The highest BCUT2D eigenvalue weighted by Crippen LogP contribution is 2.57. The summed E-state index contributed by atoms with van der Waals surface area (Å²) in [6.07, 6.45) is 1.07. The van der Waals surface area contributed by atoms with E-state index in [2.05, 4.69) is 0 Å². The maximum atomic E-state index is 13.0. The first-order valence-electron chi connectivity index (χ1n) is 12.3. The number of fused-ring (bicyclic) bond motifs is 2. The number of hydrogen-bond donors (Lipinski definition) is 2. The van der Waals surface area contributed by atoms with Crippen LogP contribution in [-0.4, -0.2) is 49.3 Å². The van der Waals surface area contributed by atoms with Crippen molar-refractivity contribution >= 4 is 11.9 Å². The van der Waals surface area contributed by atoms with E-state index in [1.54, 1.807) is 30.3 Å². The lowest BCUT2D eigenvalue weighted by Crippen LogP contribution is -2.39. The number of aliphatic carboxylic acids is 2. The Balaban J connectivity index is 1.80. The van der Waals surface area contributed by atoms with Gasteiger partial charge >= 0.3 is 11.9 Å². The Kier molecular flexibility index (Phi) is 6.75. The maximum absolute atomic E-state index is 13.0. The summed E-state index contributed by atoms with van der Waals surface area (Å²) < 4.78 is 28.1. The first-order valence-corrected chi connectivity index (χ1v) is 12.3. The molecule has 198 valence electrons. The van der Waals surface area contributed by atoms with Crippen molar-refractivity contribution in [1.82, 2.24) is 0 Å². The molecule has 2 unspecified atom stereocenters. The molecular weight excluding hydrogens is 492 g/mol. The second-order valence-corrected chi connectivity index (χ2v) is 9.18. The van der Waals surface area contributed by atoms with E-state index < -0.39 is 29.9 Å². The summed E-state index contributed by atoms with van der Waals surface area (Å²) in [5.74, 6) is -0.713. The molecule has 1 heterocycles. The number of benzene rings is 3. The van der Waals surface area contributed by atoms with Crippen LogP contribution < -0.4 is 23.7 Å². The number of hydrogen-bond acceptors (Lipinski definition) is 7. The minimum atomic E-state index is -1.24. The lowest BCUT2D eigenvalue weighted by Gasteiger charge is -2.37. The van der Waals surface area contributed by atoms with Gasteiger partial charge in [-0.05, 0) is 59.9 Å². The molecule has 0 radical (unpaired) electrons. The quantitative estimate of drug-likeness (QED) is 0.404. The summed E-state index contributed by atoms with van der Waals surface area (Å²) in [4.78, 5) is 24.4. The molecule has 1 aliphatic carbocycles. The Morgan fingerprint density at radius 3 is 2.45 bits per heavy atom. The molecule has 2 atom stereocenters. The van der Waals surface area contributed by atoms with E-state index in [0.29, 0.717) is 40.7 Å². The minimum absolute atomic E-state index is 0.0678. The van der Waals surface area contributed by atoms with Gasteiger partial charge in [0.1, 0.15) is 17.2 Å². The van der Waals surface area contributed by atoms with Gasteiger partial charge in [-0.2, -0.15) is 0 Å². The van der Waals surface area contributed by atoms with Crippen LogP contribution in [-0.2, 0) is 21.4 Å². The molecule has 0 saturated carbocycles. The number of rotatable bonds is 10. The maximum Gasteiger partial charge on any atom is 0.341 e. The smallest absolute Gasteiger partial charge is 0.341 e.